The summed E-state index contributed by atoms with van der Waals surface area (Å²) in [5, 5.41) is 13.6. The molecule has 3 nitrogen and oxygen atoms in total. The predicted molar refractivity (Wildman–Crippen MR) is 68.6 cm³/mol. The van der Waals surface area contributed by atoms with E-state index in [1.165, 1.54) is 12.8 Å². The molecule has 1 aliphatic carbocycles. The van der Waals surface area contributed by atoms with Crippen LogP contribution >= 0.6 is 0 Å². The Kier molecular flexibility index (Phi) is 4.77. The minimum atomic E-state index is -0.422. The van der Waals surface area contributed by atoms with E-state index in [2.05, 4.69) is 38.2 Å². The lowest BCUT2D eigenvalue weighted by atomic mass is 9.92. The number of nitrogens with one attached hydrogen (secondary N) is 1. The molecule has 0 saturated heterocycles. The van der Waals surface area contributed by atoms with E-state index in [4.69, 9.17) is 0 Å². The number of hydrogen-bond acceptors (Lipinski definition) is 3. The third-order valence-electron chi connectivity index (χ3n) is 3.34. The maximum absolute atomic E-state index is 10.2. The van der Waals surface area contributed by atoms with Crippen molar-refractivity contribution in [2.75, 3.05) is 33.7 Å². The zero-order valence-electron chi connectivity index (χ0n) is 11.3. The number of aliphatic hydroxyl groups is 1. The molecule has 0 aromatic rings. The van der Waals surface area contributed by atoms with E-state index in [1.54, 1.807) is 0 Å². The van der Waals surface area contributed by atoms with Gasteiger partial charge in [0.1, 0.15) is 0 Å². The first-order chi connectivity index (χ1) is 7.33. The lowest BCUT2D eigenvalue weighted by molar-refractivity contribution is 0.0447. The SMILES string of the molecule is CN(C)CC(C)(C)CNCC1(O)CCCC1. The second kappa shape index (κ2) is 5.48. The zero-order valence-corrected chi connectivity index (χ0v) is 11.3. The highest BCUT2D eigenvalue weighted by atomic mass is 16.3. The van der Waals surface area contributed by atoms with Gasteiger partial charge in [-0.05, 0) is 32.4 Å². The molecule has 0 atom stereocenters. The monoisotopic (exact) mass is 228 g/mol. The van der Waals surface area contributed by atoms with Crippen LogP contribution in [0.2, 0.25) is 0 Å². The van der Waals surface area contributed by atoms with Gasteiger partial charge in [-0.2, -0.15) is 0 Å². The summed E-state index contributed by atoms with van der Waals surface area (Å²) in [6.07, 6.45) is 4.29. The molecule has 1 saturated carbocycles. The normalized spacial score (nSPS) is 20.6. The molecule has 16 heavy (non-hydrogen) atoms. The van der Waals surface area contributed by atoms with Crippen LogP contribution in [0.1, 0.15) is 39.5 Å². The Hall–Kier alpha value is -0.120. The van der Waals surface area contributed by atoms with Gasteiger partial charge < -0.3 is 15.3 Å². The van der Waals surface area contributed by atoms with E-state index < -0.39 is 5.60 Å². The summed E-state index contributed by atoms with van der Waals surface area (Å²) in [5.41, 5.74) is -0.160. The van der Waals surface area contributed by atoms with Gasteiger partial charge in [0.15, 0.2) is 0 Å². The van der Waals surface area contributed by atoms with Crippen molar-refractivity contribution >= 4 is 0 Å². The first-order valence-corrected chi connectivity index (χ1v) is 6.41. The summed E-state index contributed by atoms with van der Waals surface area (Å²) in [7, 11) is 4.21. The summed E-state index contributed by atoms with van der Waals surface area (Å²) in [6.45, 7) is 7.31. The third-order valence-corrected chi connectivity index (χ3v) is 3.34. The first-order valence-electron chi connectivity index (χ1n) is 6.41. The fraction of sp³-hybridized carbons (Fsp3) is 1.00. The largest absolute Gasteiger partial charge is 0.389 e. The Morgan fingerprint density at radius 3 is 2.31 bits per heavy atom. The Morgan fingerprint density at radius 2 is 1.81 bits per heavy atom. The molecule has 1 fully saturated rings. The summed E-state index contributed by atoms with van der Waals surface area (Å²) < 4.78 is 0. The minimum Gasteiger partial charge on any atom is -0.389 e. The van der Waals surface area contributed by atoms with Crippen LogP contribution in [-0.2, 0) is 0 Å². The van der Waals surface area contributed by atoms with Gasteiger partial charge in [0.2, 0.25) is 0 Å². The van der Waals surface area contributed by atoms with Gasteiger partial charge in [0, 0.05) is 19.6 Å². The summed E-state index contributed by atoms with van der Waals surface area (Å²) >= 11 is 0. The summed E-state index contributed by atoms with van der Waals surface area (Å²) in [6, 6.07) is 0. The van der Waals surface area contributed by atoms with E-state index >= 15 is 0 Å². The van der Waals surface area contributed by atoms with Crippen molar-refractivity contribution in [2.45, 2.75) is 45.1 Å². The quantitative estimate of drug-likeness (QED) is 0.722. The molecule has 0 bridgehead atoms. The van der Waals surface area contributed by atoms with Gasteiger partial charge in [-0.15, -0.1) is 0 Å². The molecule has 0 unspecified atom stereocenters. The maximum atomic E-state index is 10.2. The van der Waals surface area contributed by atoms with Crippen molar-refractivity contribution in [2.24, 2.45) is 5.41 Å². The van der Waals surface area contributed by atoms with Gasteiger partial charge in [-0.25, -0.2) is 0 Å². The molecule has 0 aromatic carbocycles. The fourth-order valence-corrected chi connectivity index (χ4v) is 2.76. The molecule has 0 aliphatic heterocycles. The van der Waals surface area contributed by atoms with Gasteiger partial charge in [0.25, 0.3) is 0 Å². The Morgan fingerprint density at radius 1 is 1.25 bits per heavy atom. The lowest BCUT2D eigenvalue weighted by Gasteiger charge is -2.30. The van der Waals surface area contributed by atoms with Crippen LogP contribution in [0.15, 0.2) is 0 Å². The topological polar surface area (TPSA) is 35.5 Å². The van der Waals surface area contributed by atoms with Crippen molar-refractivity contribution in [1.29, 1.82) is 0 Å². The predicted octanol–water partition coefficient (Wildman–Crippen LogP) is 1.47. The molecule has 2 N–H and O–H groups in total. The Bertz CT molecular complexity index is 208. The van der Waals surface area contributed by atoms with Crippen molar-refractivity contribution in [3.63, 3.8) is 0 Å². The Labute approximate surface area is 100 Å². The fourth-order valence-electron chi connectivity index (χ4n) is 2.76. The zero-order chi connectivity index (χ0) is 12.2. The van der Waals surface area contributed by atoms with Crippen LogP contribution in [0.5, 0.6) is 0 Å². The second-order valence-corrected chi connectivity index (χ2v) is 6.44. The number of rotatable bonds is 6. The lowest BCUT2D eigenvalue weighted by Crippen LogP contribution is -2.44. The van der Waals surface area contributed by atoms with E-state index in [9.17, 15) is 5.11 Å². The number of hydrogen-bond donors (Lipinski definition) is 2. The Balaban J connectivity index is 2.23. The minimum absolute atomic E-state index is 0.262. The molecule has 3 heteroatoms. The molecule has 0 amide bonds. The van der Waals surface area contributed by atoms with Crippen LogP contribution in [-0.4, -0.2) is 49.3 Å². The highest BCUT2D eigenvalue weighted by Crippen LogP contribution is 2.28. The third kappa shape index (κ3) is 4.81. The smallest absolute Gasteiger partial charge is 0.0771 e. The maximum Gasteiger partial charge on any atom is 0.0771 e. The molecule has 1 aliphatic rings. The molecule has 0 aromatic heterocycles. The average Bonchev–Trinajstić information content (AvgIpc) is 2.49. The van der Waals surface area contributed by atoms with Gasteiger partial charge >= 0.3 is 0 Å². The van der Waals surface area contributed by atoms with Crippen LogP contribution < -0.4 is 5.32 Å². The molecule has 0 heterocycles. The number of nitrogens with zero attached hydrogens (tertiary/aromatic N) is 1. The molecule has 1 rings (SSSR count). The van der Waals surface area contributed by atoms with Crippen LogP contribution in [0.25, 0.3) is 0 Å². The first kappa shape index (κ1) is 13.9. The van der Waals surface area contributed by atoms with Gasteiger partial charge in [0.05, 0.1) is 5.60 Å². The van der Waals surface area contributed by atoms with Crippen LogP contribution in [0, 0.1) is 5.41 Å². The summed E-state index contributed by atoms with van der Waals surface area (Å²) in [5.74, 6) is 0. The van der Waals surface area contributed by atoms with E-state index in [0.29, 0.717) is 0 Å². The van der Waals surface area contributed by atoms with Crippen molar-refractivity contribution in [3.8, 4) is 0 Å². The standard InChI is InChI=1S/C13H28N2O/c1-12(2,11-15(3)4)9-14-10-13(16)7-5-6-8-13/h14,16H,5-11H2,1-4H3. The van der Waals surface area contributed by atoms with Crippen molar-refractivity contribution in [3.05, 3.63) is 0 Å². The molecular formula is C13H28N2O. The van der Waals surface area contributed by atoms with Crippen molar-refractivity contribution in [1.82, 2.24) is 10.2 Å². The van der Waals surface area contributed by atoms with E-state index in [0.717, 1.165) is 32.5 Å². The second-order valence-electron chi connectivity index (χ2n) is 6.44. The van der Waals surface area contributed by atoms with Gasteiger partial charge in [-0.3, -0.25) is 0 Å². The van der Waals surface area contributed by atoms with Crippen molar-refractivity contribution < 1.29 is 5.11 Å². The molecule has 96 valence electrons. The molecule has 0 spiro atoms. The highest BCUT2D eigenvalue weighted by molar-refractivity contribution is 4.87. The highest BCUT2D eigenvalue weighted by Gasteiger charge is 2.31. The summed E-state index contributed by atoms with van der Waals surface area (Å²) in [4.78, 5) is 2.21. The van der Waals surface area contributed by atoms with E-state index in [1.807, 2.05) is 0 Å². The van der Waals surface area contributed by atoms with Crippen LogP contribution in [0.3, 0.4) is 0 Å². The van der Waals surface area contributed by atoms with Gasteiger partial charge in [-0.1, -0.05) is 26.7 Å². The molecule has 0 radical (unpaired) electrons. The van der Waals surface area contributed by atoms with E-state index in [-0.39, 0.29) is 5.41 Å². The van der Waals surface area contributed by atoms with Crippen LogP contribution in [0.4, 0.5) is 0 Å². The average molecular weight is 228 g/mol. The molecular weight excluding hydrogens is 200 g/mol.